The molecule has 0 N–H and O–H groups in total. The molecule has 0 aliphatic rings. The molecule has 1 heterocycles. The minimum Gasteiger partial charge on any atom is -0.459 e. The maximum absolute atomic E-state index is 15.0. The van der Waals surface area contributed by atoms with E-state index in [2.05, 4.69) is 14.5 Å². The molecular weight excluding hydrogens is 558 g/mol. The lowest BCUT2D eigenvalue weighted by Crippen LogP contribution is -2.23. The predicted molar refractivity (Wildman–Crippen MR) is 136 cm³/mol. The van der Waals surface area contributed by atoms with Gasteiger partial charge in [0, 0.05) is 35.5 Å². The Hall–Kier alpha value is -4.41. The molecule has 0 radical (unpaired) electrons. The van der Waals surface area contributed by atoms with Crippen molar-refractivity contribution >= 4 is 0 Å². The van der Waals surface area contributed by atoms with Crippen LogP contribution < -0.4 is 9.47 Å². The molecule has 214 valence electrons. The van der Waals surface area contributed by atoms with Gasteiger partial charge in [-0.15, -0.1) is 0 Å². The van der Waals surface area contributed by atoms with Gasteiger partial charge in [-0.1, -0.05) is 37.6 Å². The highest BCUT2D eigenvalue weighted by Crippen LogP contribution is 2.37. The van der Waals surface area contributed by atoms with Crippen LogP contribution in [0.1, 0.15) is 24.5 Å². The van der Waals surface area contributed by atoms with Gasteiger partial charge in [0.15, 0.2) is 17.4 Å². The first-order valence-electron chi connectivity index (χ1n) is 12.2. The first-order chi connectivity index (χ1) is 19.5. The summed E-state index contributed by atoms with van der Waals surface area (Å²) in [7, 11) is 0. The minimum atomic E-state index is -4.41. The molecule has 0 saturated carbocycles. The standard InChI is InChI=1S/C30H21F8NO2/c1-2-3-17-4-9-27(39-16-17)19-5-7-21(23(31)13-19)18-6-8-22(24(32)12-18)30(37,38)41-20-14-25(33)29(26(34)15-20)40-11-10-28(35)36/h4-16,28H,2-3H2,1H3. The summed E-state index contributed by atoms with van der Waals surface area (Å²) in [6.07, 6.45) is -3.33. The van der Waals surface area contributed by atoms with E-state index in [0.717, 1.165) is 24.5 Å². The fraction of sp³-hybridized carbons (Fsp3) is 0.167. The van der Waals surface area contributed by atoms with Crippen LogP contribution in [0.25, 0.3) is 22.4 Å². The van der Waals surface area contributed by atoms with Gasteiger partial charge in [0.2, 0.25) is 0 Å². The highest BCUT2D eigenvalue weighted by Gasteiger charge is 2.38. The summed E-state index contributed by atoms with van der Waals surface area (Å²) in [5.74, 6) is -7.44. The van der Waals surface area contributed by atoms with Crippen LogP contribution >= 0.6 is 0 Å². The lowest BCUT2D eigenvalue weighted by molar-refractivity contribution is -0.187. The van der Waals surface area contributed by atoms with Gasteiger partial charge in [0.05, 0.1) is 17.5 Å². The Morgan fingerprint density at radius 3 is 2.10 bits per heavy atom. The summed E-state index contributed by atoms with van der Waals surface area (Å²) in [5.41, 5.74) is 0.624. The molecule has 0 fully saturated rings. The highest BCUT2D eigenvalue weighted by atomic mass is 19.3. The van der Waals surface area contributed by atoms with Gasteiger partial charge in [0.1, 0.15) is 17.4 Å². The fourth-order valence-corrected chi connectivity index (χ4v) is 3.94. The second kappa shape index (κ2) is 12.4. The summed E-state index contributed by atoms with van der Waals surface area (Å²) < 4.78 is 121. The first kappa shape index (κ1) is 29.6. The topological polar surface area (TPSA) is 31.4 Å². The molecule has 0 amide bonds. The molecule has 1 aromatic heterocycles. The zero-order chi connectivity index (χ0) is 29.7. The normalized spacial score (nSPS) is 11.9. The summed E-state index contributed by atoms with van der Waals surface area (Å²) >= 11 is 0. The van der Waals surface area contributed by atoms with Crippen molar-refractivity contribution in [2.24, 2.45) is 0 Å². The maximum Gasteiger partial charge on any atom is 0.429 e. The lowest BCUT2D eigenvalue weighted by atomic mass is 9.99. The van der Waals surface area contributed by atoms with E-state index < -0.39 is 52.9 Å². The minimum absolute atomic E-state index is 0.0483. The van der Waals surface area contributed by atoms with Crippen molar-refractivity contribution in [3.05, 3.63) is 114 Å². The fourth-order valence-electron chi connectivity index (χ4n) is 3.94. The number of halogens is 8. The number of aromatic nitrogens is 1. The third-order valence-electron chi connectivity index (χ3n) is 5.85. The van der Waals surface area contributed by atoms with Gasteiger partial charge in [-0.3, -0.25) is 4.98 Å². The molecule has 4 rings (SSSR count). The maximum atomic E-state index is 15.0. The molecule has 3 aromatic carbocycles. The van der Waals surface area contributed by atoms with Crippen molar-refractivity contribution in [3.63, 3.8) is 0 Å². The van der Waals surface area contributed by atoms with Crippen LogP contribution in [0.4, 0.5) is 35.1 Å². The highest BCUT2D eigenvalue weighted by molar-refractivity contribution is 5.70. The van der Waals surface area contributed by atoms with Crippen LogP contribution in [0, 0.1) is 23.3 Å². The SMILES string of the molecule is CCCc1ccc(-c2ccc(-c3ccc(C(F)(F)Oc4cc(F)c(OC=CC(F)F)c(F)c4)c(F)c3)c(F)c2)nc1. The molecule has 0 atom stereocenters. The Bertz CT molecular complexity index is 1530. The number of ether oxygens (including phenoxy) is 2. The number of allylic oxidation sites excluding steroid dienone is 1. The molecule has 0 bridgehead atoms. The zero-order valence-corrected chi connectivity index (χ0v) is 21.3. The van der Waals surface area contributed by atoms with E-state index in [0.29, 0.717) is 41.8 Å². The monoisotopic (exact) mass is 579 g/mol. The number of hydrogen-bond donors (Lipinski definition) is 0. The van der Waals surface area contributed by atoms with E-state index in [1.165, 1.54) is 12.1 Å². The molecule has 41 heavy (non-hydrogen) atoms. The van der Waals surface area contributed by atoms with Gasteiger partial charge in [0.25, 0.3) is 6.43 Å². The zero-order valence-electron chi connectivity index (χ0n) is 21.3. The predicted octanol–water partition coefficient (Wildman–Crippen LogP) is 9.21. The van der Waals surface area contributed by atoms with E-state index in [-0.39, 0.29) is 17.2 Å². The average molecular weight is 579 g/mol. The molecule has 4 aromatic rings. The van der Waals surface area contributed by atoms with Crippen molar-refractivity contribution in [3.8, 4) is 33.9 Å². The largest absolute Gasteiger partial charge is 0.459 e. The van der Waals surface area contributed by atoms with Crippen molar-refractivity contribution in [1.82, 2.24) is 4.98 Å². The van der Waals surface area contributed by atoms with E-state index >= 15 is 0 Å². The third kappa shape index (κ3) is 7.03. The average Bonchev–Trinajstić information content (AvgIpc) is 2.90. The molecule has 0 aliphatic carbocycles. The molecule has 11 heteroatoms. The van der Waals surface area contributed by atoms with E-state index in [1.54, 1.807) is 18.3 Å². The second-order valence-corrected chi connectivity index (χ2v) is 8.81. The van der Waals surface area contributed by atoms with Crippen LogP contribution in [0.5, 0.6) is 11.5 Å². The summed E-state index contributed by atoms with van der Waals surface area (Å²) in [6, 6.07) is 10.8. The summed E-state index contributed by atoms with van der Waals surface area (Å²) in [4.78, 5) is 4.33. The van der Waals surface area contributed by atoms with Crippen LogP contribution in [0.3, 0.4) is 0 Å². The van der Waals surface area contributed by atoms with Crippen molar-refractivity contribution in [2.75, 3.05) is 0 Å². The Kier molecular flexibility index (Phi) is 8.95. The van der Waals surface area contributed by atoms with Crippen LogP contribution in [0.15, 0.2) is 79.2 Å². The molecule has 0 spiro atoms. The molecule has 3 nitrogen and oxygen atoms in total. The number of rotatable bonds is 10. The Labute approximate surface area is 229 Å². The van der Waals surface area contributed by atoms with E-state index in [4.69, 9.17) is 0 Å². The van der Waals surface area contributed by atoms with Crippen LogP contribution in [-0.2, 0) is 12.5 Å². The van der Waals surface area contributed by atoms with Crippen LogP contribution in [-0.4, -0.2) is 11.4 Å². The van der Waals surface area contributed by atoms with Crippen LogP contribution in [0.2, 0.25) is 0 Å². The molecular formula is C30H21F8NO2. The van der Waals surface area contributed by atoms with Gasteiger partial charge in [-0.05, 0) is 41.8 Å². The summed E-state index contributed by atoms with van der Waals surface area (Å²) in [6.45, 7) is 2.03. The van der Waals surface area contributed by atoms with Gasteiger partial charge in [-0.2, -0.15) is 8.78 Å². The molecule has 0 unspecified atom stereocenters. The van der Waals surface area contributed by atoms with E-state index in [1.807, 2.05) is 13.0 Å². The van der Waals surface area contributed by atoms with Crippen molar-refractivity contribution < 1.29 is 44.6 Å². The Morgan fingerprint density at radius 1 is 0.829 bits per heavy atom. The second-order valence-electron chi connectivity index (χ2n) is 8.81. The van der Waals surface area contributed by atoms with Gasteiger partial charge >= 0.3 is 6.11 Å². The first-order valence-corrected chi connectivity index (χ1v) is 12.2. The quantitative estimate of drug-likeness (QED) is 0.139. The number of aryl methyl sites for hydroxylation is 1. The smallest absolute Gasteiger partial charge is 0.429 e. The van der Waals surface area contributed by atoms with E-state index in [9.17, 15) is 35.1 Å². The Balaban J connectivity index is 1.54. The number of nitrogens with zero attached hydrogens (tertiary/aromatic N) is 1. The number of hydrogen-bond acceptors (Lipinski definition) is 3. The van der Waals surface area contributed by atoms with Gasteiger partial charge < -0.3 is 9.47 Å². The third-order valence-corrected chi connectivity index (χ3v) is 5.85. The number of benzene rings is 3. The van der Waals surface area contributed by atoms with Crippen molar-refractivity contribution in [2.45, 2.75) is 32.3 Å². The summed E-state index contributed by atoms with van der Waals surface area (Å²) in [5, 5.41) is 0. The molecule has 0 aliphatic heterocycles. The Morgan fingerprint density at radius 2 is 1.51 bits per heavy atom. The van der Waals surface area contributed by atoms with Crippen molar-refractivity contribution in [1.29, 1.82) is 0 Å². The lowest BCUT2D eigenvalue weighted by Gasteiger charge is -2.20. The number of pyridine rings is 1. The molecule has 0 saturated heterocycles. The number of alkyl halides is 4. The van der Waals surface area contributed by atoms with Gasteiger partial charge in [-0.25, -0.2) is 26.3 Å².